The van der Waals surface area contributed by atoms with Gasteiger partial charge < -0.3 is 0 Å². The summed E-state index contributed by atoms with van der Waals surface area (Å²) in [4.78, 5) is 0. The zero-order valence-electron chi connectivity index (χ0n) is 19.6. The molecular formula is C29H42FN. The summed E-state index contributed by atoms with van der Waals surface area (Å²) in [5.74, 6) is 2.56. The number of allylic oxidation sites excluding steroid dienone is 2. The second kappa shape index (κ2) is 13.0. The Morgan fingerprint density at radius 2 is 1.48 bits per heavy atom. The molecule has 170 valence electrons. The molecule has 0 radical (unpaired) electrons. The maximum atomic E-state index is 13.9. The molecule has 1 aromatic carbocycles. The molecular weight excluding hydrogens is 381 g/mol. The number of unbranched alkanes of at least 4 members (excludes halogenated alkanes) is 5. The molecule has 0 bridgehead atoms. The Kier molecular flexibility index (Phi) is 10.1. The van der Waals surface area contributed by atoms with Crippen molar-refractivity contribution < 1.29 is 4.39 Å². The van der Waals surface area contributed by atoms with E-state index in [9.17, 15) is 4.39 Å². The summed E-state index contributed by atoms with van der Waals surface area (Å²) in [6.45, 7) is 2.29. The van der Waals surface area contributed by atoms with Crippen LogP contribution in [0.3, 0.4) is 0 Å². The summed E-state index contributed by atoms with van der Waals surface area (Å²) >= 11 is 0. The number of hydrogen-bond acceptors (Lipinski definition) is 1. The molecule has 31 heavy (non-hydrogen) atoms. The molecule has 1 aromatic rings. The maximum absolute atomic E-state index is 13.9. The Hall–Kier alpha value is -1.62. The lowest BCUT2D eigenvalue weighted by Gasteiger charge is -2.29. The van der Waals surface area contributed by atoms with Gasteiger partial charge in [0.15, 0.2) is 0 Å². The molecule has 0 N–H and O–H groups in total. The molecule has 2 heteroatoms. The first-order valence-electron chi connectivity index (χ1n) is 13.1. The standard InChI is InChI=1S/C29H42FN/c1-2-3-4-5-6-7-8-23-9-11-24(12-10-23)13-14-25-15-17-26(18-16-25)27-19-20-28(22-31)29(30)21-27/h13-14,19-21,23-26H,2-12,15-18H2,1H3/b14-13+. The first-order valence-corrected chi connectivity index (χ1v) is 13.1. The van der Waals surface area contributed by atoms with Gasteiger partial charge in [-0.3, -0.25) is 0 Å². The van der Waals surface area contributed by atoms with E-state index in [0.29, 0.717) is 11.8 Å². The lowest BCUT2D eigenvalue weighted by Crippen LogP contribution is -2.15. The van der Waals surface area contributed by atoms with Gasteiger partial charge in [-0.15, -0.1) is 0 Å². The lowest BCUT2D eigenvalue weighted by atomic mass is 9.76. The van der Waals surface area contributed by atoms with Crippen molar-refractivity contribution in [2.24, 2.45) is 17.8 Å². The molecule has 0 aliphatic heterocycles. The van der Waals surface area contributed by atoms with Crippen molar-refractivity contribution in [1.82, 2.24) is 0 Å². The minimum Gasteiger partial charge on any atom is -0.206 e. The Balaban J connectivity index is 1.32. The number of nitrogens with zero attached hydrogens (tertiary/aromatic N) is 1. The summed E-state index contributed by atoms with van der Waals surface area (Å²) < 4.78 is 13.9. The second-order valence-corrected chi connectivity index (χ2v) is 10.2. The fraction of sp³-hybridized carbons (Fsp3) is 0.690. The molecule has 0 heterocycles. The molecule has 0 spiro atoms. The largest absolute Gasteiger partial charge is 0.206 e. The molecule has 0 amide bonds. The van der Waals surface area contributed by atoms with E-state index in [1.165, 1.54) is 83.5 Å². The van der Waals surface area contributed by atoms with Gasteiger partial charge in [0.05, 0.1) is 5.56 Å². The third-order valence-corrected chi connectivity index (χ3v) is 7.87. The van der Waals surface area contributed by atoms with Crippen LogP contribution in [-0.2, 0) is 0 Å². The van der Waals surface area contributed by atoms with Gasteiger partial charge in [-0.05, 0) is 92.7 Å². The molecule has 0 saturated heterocycles. The average Bonchev–Trinajstić information content (AvgIpc) is 2.81. The summed E-state index contributed by atoms with van der Waals surface area (Å²) in [5.41, 5.74) is 1.23. The predicted octanol–water partition coefficient (Wildman–Crippen LogP) is 9.08. The number of hydrogen-bond donors (Lipinski definition) is 0. The summed E-state index contributed by atoms with van der Waals surface area (Å²) in [6, 6.07) is 7.09. The quantitative estimate of drug-likeness (QED) is 0.272. The van der Waals surface area contributed by atoms with Gasteiger partial charge in [0.1, 0.15) is 11.9 Å². The van der Waals surface area contributed by atoms with Gasteiger partial charge in [-0.25, -0.2) is 4.39 Å². The molecule has 3 rings (SSSR count). The predicted molar refractivity (Wildman–Crippen MR) is 128 cm³/mol. The molecule has 1 nitrogen and oxygen atoms in total. The monoisotopic (exact) mass is 423 g/mol. The lowest BCUT2D eigenvalue weighted by molar-refractivity contribution is 0.287. The Bertz CT molecular complexity index is 715. The number of nitriles is 1. The van der Waals surface area contributed by atoms with Crippen LogP contribution < -0.4 is 0 Å². The molecule has 0 aromatic heterocycles. The van der Waals surface area contributed by atoms with Crippen LogP contribution in [0.5, 0.6) is 0 Å². The molecule has 2 aliphatic carbocycles. The Morgan fingerprint density at radius 3 is 2.10 bits per heavy atom. The number of halogens is 1. The van der Waals surface area contributed by atoms with Gasteiger partial charge in [-0.2, -0.15) is 5.26 Å². The molecule has 2 saturated carbocycles. The highest BCUT2D eigenvalue weighted by Gasteiger charge is 2.23. The topological polar surface area (TPSA) is 23.8 Å². The van der Waals surface area contributed by atoms with Crippen molar-refractivity contribution in [2.75, 3.05) is 0 Å². The van der Waals surface area contributed by atoms with Crippen molar-refractivity contribution in [1.29, 1.82) is 5.26 Å². The van der Waals surface area contributed by atoms with Crippen molar-refractivity contribution in [3.8, 4) is 6.07 Å². The van der Waals surface area contributed by atoms with Crippen LogP contribution in [0, 0.1) is 34.9 Å². The third-order valence-electron chi connectivity index (χ3n) is 7.87. The highest BCUT2D eigenvalue weighted by Crippen LogP contribution is 2.38. The maximum Gasteiger partial charge on any atom is 0.141 e. The highest BCUT2D eigenvalue weighted by atomic mass is 19.1. The normalized spacial score (nSPS) is 26.7. The SMILES string of the molecule is CCCCCCCCC1CCC(/C=C/C2CCC(c3ccc(C#N)c(F)c3)CC2)CC1. The van der Waals surface area contributed by atoms with Gasteiger partial charge in [0, 0.05) is 0 Å². The van der Waals surface area contributed by atoms with E-state index in [-0.39, 0.29) is 11.4 Å². The molecule has 2 fully saturated rings. The van der Waals surface area contributed by atoms with E-state index >= 15 is 0 Å². The van der Waals surface area contributed by atoms with E-state index in [4.69, 9.17) is 5.26 Å². The minimum atomic E-state index is -0.367. The fourth-order valence-corrected chi connectivity index (χ4v) is 5.72. The average molecular weight is 424 g/mol. The van der Waals surface area contributed by atoms with Crippen LogP contribution >= 0.6 is 0 Å². The van der Waals surface area contributed by atoms with E-state index in [2.05, 4.69) is 19.1 Å². The van der Waals surface area contributed by atoms with Crippen molar-refractivity contribution in [3.05, 3.63) is 47.3 Å². The smallest absolute Gasteiger partial charge is 0.141 e. The third kappa shape index (κ3) is 7.78. The Labute approximate surface area is 190 Å². The number of benzene rings is 1. The van der Waals surface area contributed by atoms with Crippen molar-refractivity contribution >= 4 is 0 Å². The van der Waals surface area contributed by atoms with Crippen molar-refractivity contribution in [2.45, 2.75) is 109 Å². The van der Waals surface area contributed by atoms with Crippen LogP contribution in [-0.4, -0.2) is 0 Å². The van der Waals surface area contributed by atoms with Gasteiger partial charge in [-0.1, -0.05) is 70.1 Å². The van der Waals surface area contributed by atoms with Crippen LogP contribution in [0.25, 0.3) is 0 Å². The first kappa shape index (κ1) is 24.0. The zero-order chi connectivity index (χ0) is 21.9. The van der Waals surface area contributed by atoms with Gasteiger partial charge in [0.2, 0.25) is 0 Å². The summed E-state index contributed by atoms with van der Waals surface area (Å²) in [7, 11) is 0. The van der Waals surface area contributed by atoms with Gasteiger partial charge in [0.25, 0.3) is 0 Å². The highest BCUT2D eigenvalue weighted by molar-refractivity contribution is 5.35. The molecule has 2 aliphatic rings. The fourth-order valence-electron chi connectivity index (χ4n) is 5.72. The summed E-state index contributed by atoms with van der Waals surface area (Å²) in [5, 5.41) is 8.91. The van der Waals surface area contributed by atoms with Gasteiger partial charge >= 0.3 is 0 Å². The minimum absolute atomic E-state index is 0.155. The van der Waals surface area contributed by atoms with Crippen molar-refractivity contribution in [3.63, 3.8) is 0 Å². The Morgan fingerprint density at radius 1 is 0.871 bits per heavy atom. The zero-order valence-corrected chi connectivity index (χ0v) is 19.6. The van der Waals surface area contributed by atoms with Crippen LogP contribution in [0.4, 0.5) is 4.39 Å². The van der Waals surface area contributed by atoms with Crippen LogP contribution in [0.15, 0.2) is 30.4 Å². The van der Waals surface area contributed by atoms with Crippen LogP contribution in [0.1, 0.15) is 120 Å². The molecule has 0 atom stereocenters. The first-order chi connectivity index (χ1) is 15.2. The van der Waals surface area contributed by atoms with E-state index in [1.54, 1.807) is 12.1 Å². The summed E-state index contributed by atoms with van der Waals surface area (Å²) in [6.07, 6.45) is 25.3. The number of rotatable bonds is 10. The molecule has 0 unspecified atom stereocenters. The van der Waals surface area contributed by atoms with E-state index in [1.807, 2.05) is 12.1 Å². The van der Waals surface area contributed by atoms with E-state index in [0.717, 1.165) is 30.2 Å². The van der Waals surface area contributed by atoms with Crippen LogP contribution in [0.2, 0.25) is 0 Å². The van der Waals surface area contributed by atoms with E-state index < -0.39 is 0 Å². The second-order valence-electron chi connectivity index (χ2n) is 10.2.